The molecule has 0 aliphatic carbocycles. The van der Waals surface area contributed by atoms with Gasteiger partial charge >= 0.3 is 7.82 Å². The van der Waals surface area contributed by atoms with Gasteiger partial charge in [0.25, 0.3) is 0 Å². The fourth-order valence-corrected chi connectivity index (χ4v) is 4.77. The first-order valence-electron chi connectivity index (χ1n) is 10.4. The van der Waals surface area contributed by atoms with E-state index in [9.17, 15) is 9.46 Å². The van der Waals surface area contributed by atoms with Crippen LogP contribution in [0.2, 0.25) is 0 Å². The van der Waals surface area contributed by atoms with Gasteiger partial charge in [-0.15, -0.1) is 0 Å². The van der Waals surface area contributed by atoms with Gasteiger partial charge in [-0.2, -0.15) is 0 Å². The van der Waals surface area contributed by atoms with Crippen molar-refractivity contribution >= 4 is 7.82 Å². The zero-order valence-electron chi connectivity index (χ0n) is 18.4. The minimum Gasteiger partial charge on any atom is -0.376 e. The molecule has 10 heteroatoms. The second kappa shape index (κ2) is 10.5. The summed E-state index contributed by atoms with van der Waals surface area (Å²) in [6.07, 6.45) is -0.408. The molecule has 2 saturated heterocycles. The average Bonchev–Trinajstić information content (AvgIpc) is 3.09. The minimum absolute atomic E-state index is 0.00602. The van der Waals surface area contributed by atoms with Crippen molar-refractivity contribution in [2.45, 2.75) is 103 Å². The predicted molar refractivity (Wildman–Crippen MR) is 108 cm³/mol. The van der Waals surface area contributed by atoms with Crippen molar-refractivity contribution in [1.82, 2.24) is 0 Å². The number of hydrogen-bond donors (Lipinski definition) is 2. The van der Waals surface area contributed by atoms with Crippen molar-refractivity contribution in [3.05, 3.63) is 0 Å². The lowest BCUT2D eigenvalue weighted by Crippen LogP contribution is -2.51. The molecular formula is C19H38NO8P. The molecule has 0 bridgehead atoms. The summed E-state index contributed by atoms with van der Waals surface area (Å²) in [7, 11) is -4.37. The van der Waals surface area contributed by atoms with Crippen LogP contribution >= 0.6 is 7.82 Å². The molecule has 2 rings (SSSR count). The second-order valence-electron chi connectivity index (χ2n) is 8.60. The van der Waals surface area contributed by atoms with Crippen molar-refractivity contribution in [2.24, 2.45) is 5.73 Å². The van der Waals surface area contributed by atoms with Gasteiger partial charge in [0, 0.05) is 19.4 Å². The fourth-order valence-electron chi connectivity index (χ4n) is 3.77. The first kappa shape index (κ1) is 25.2. The highest BCUT2D eigenvalue weighted by atomic mass is 31.2. The van der Waals surface area contributed by atoms with E-state index in [1.54, 1.807) is 0 Å². The fraction of sp³-hybridized carbons (Fsp3) is 1.00. The van der Waals surface area contributed by atoms with Crippen molar-refractivity contribution < 1.29 is 37.5 Å². The lowest BCUT2D eigenvalue weighted by molar-refractivity contribution is -0.126. The molecule has 7 atom stereocenters. The van der Waals surface area contributed by atoms with Crippen LogP contribution in [0.3, 0.4) is 0 Å². The number of hydrogen-bond acceptors (Lipinski definition) is 8. The quantitative estimate of drug-likeness (QED) is 0.468. The summed E-state index contributed by atoms with van der Waals surface area (Å²) < 4.78 is 46.7. The summed E-state index contributed by atoms with van der Waals surface area (Å²) in [5, 5.41) is 0. The molecule has 172 valence electrons. The summed E-state index contributed by atoms with van der Waals surface area (Å²) >= 11 is 0. The number of phosphoric ester groups is 1. The van der Waals surface area contributed by atoms with E-state index in [1.807, 2.05) is 41.5 Å². The Bertz CT molecular complexity index is 562. The van der Waals surface area contributed by atoms with Crippen LogP contribution < -0.4 is 5.73 Å². The normalized spacial score (nSPS) is 37.5. The Morgan fingerprint density at radius 2 is 1.86 bits per heavy atom. The van der Waals surface area contributed by atoms with Gasteiger partial charge in [0.15, 0.2) is 0 Å². The smallest absolute Gasteiger partial charge is 0.376 e. The van der Waals surface area contributed by atoms with E-state index in [2.05, 4.69) is 0 Å². The van der Waals surface area contributed by atoms with Gasteiger partial charge in [-0.25, -0.2) is 4.57 Å². The van der Waals surface area contributed by atoms with E-state index in [0.29, 0.717) is 12.8 Å². The van der Waals surface area contributed by atoms with Crippen LogP contribution in [0, 0.1) is 0 Å². The summed E-state index contributed by atoms with van der Waals surface area (Å²) in [5.74, 6) is 0. The summed E-state index contributed by atoms with van der Waals surface area (Å²) in [5.41, 5.74) is 4.95. The Kier molecular flexibility index (Phi) is 9.10. The first-order valence-corrected chi connectivity index (χ1v) is 11.9. The molecule has 0 spiro atoms. The van der Waals surface area contributed by atoms with E-state index >= 15 is 0 Å². The van der Waals surface area contributed by atoms with E-state index in [4.69, 9.17) is 33.7 Å². The number of ether oxygens (including phenoxy) is 4. The third kappa shape index (κ3) is 7.23. The Morgan fingerprint density at radius 1 is 1.17 bits per heavy atom. The molecule has 0 radical (unpaired) electrons. The lowest BCUT2D eigenvalue weighted by Gasteiger charge is -2.34. The lowest BCUT2D eigenvalue weighted by atomic mass is 9.97. The van der Waals surface area contributed by atoms with E-state index in [0.717, 1.165) is 0 Å². The maximum atomic E-state index is 12.7. The van der Waals surface area contributed by atoms with Crippen LogP contribution in [0.1, 0.15) is 54.4 Å². The number of phosphoric acid groups is 1. The van der Waals surface area contributed by atoms with Crippen LogP contribution in [-0.2, 0) is 32.6 Å². The zero-order chi connectivity index (χ0) is 21.8. The SMILES string of the molecule is CC(C)OC[C@@]1(CN)O[C@@H](C)CC1OP(=O)(O)OCC1O[C@@H](C)CC1OC(C)C. The Balaban J connectivity index is 1.98. The van der Waals surface area contributed by atoms with Gasteiger partial charge in [0.05, 0.1) is 43.7 Å². The third-order valence-electron chi connectivity index (χ3n) is 5.07. The minimum atomic E-state index is -4.37. The molecule has 0 aromatic heterocycles. The van der Waals surface area contributed by atoms with Gasteiger partial charge in [-0.3, -0.25) is 9.05 Å². The van der Waals surface area contributed by atoms with Gasteiger partial charge < -0.3 is 29.6 Å². The van der Waals surface area contributed by atoms with Crippen molar-refractivity contribution in [1.29, 1.82) is 0 Å². The molecule has 9 nitrogen and oxygen atoms in total. The van der Waals surface area contributed by atoms with Crippen molar-refractivity contribution in [3.63, 3.8) is 0 Å². The first-order chi connectivity index (χ1) is 13.5. The molecule has 4 unspecified atom stereocenters. The molecule has 3 N–H and O–H groups in total. The molecule has 0 aromatic rings. The van der Waals surface area contributed by atoms with Crippen LogP contribution in [0.25, 0.3) is 0 Å². The molecule has 29 heavy (non-hydrogen) atoms. The Hall–Kier alpha value is -0.0900. The maximum absolute atomic E-state index is 12.7. The molecule has 2 heterocycles. The molecule has 0 aromatic carbocycles. The predicted octanol–water partition coefficient (Wildman–Crippen LogP) is 2.39. The van der Waals surface area contributed by atoms with Crippen LogP contribution in [0.5, 0.6) is 0 Å². The van der Waals surface area contributed by atoms with Gasteiger partial charge in [-0.1, -0.05) is 0 Å². The van der Waals surface area contributed by atoms with Gasteiger partial charge in [0.1, 0.15) is 17.8 Å². The molecule has 2 aliphatic heterocycles. The van der Waals surface area contributed by atoms with Gasteiger partial charge in [0.2, 0.25) is 0 Å². The highest BCUT2D eigenvalue weighted by Gasteiger charge is 2.51. The van der Waals surface area contributed by atoms with E-state index < -0.39 is 25.6 Å². The third-order valence-corrected chi connectivity index (χ3v) is 6.07. The monoisotopic (exact) mass is 439 g/mol. The zero-order valence-corrected chi connectivity index (χ0v) is 19.3. The largest absolute Gasteiger partial charge is 0.472 e. The summed E-state index contributed by atoms with van der Waals surface area (Å²) in [6.45, 7) is 11.7. The standard InChI is InChI=1S/C19H38NO8P/c1-12(2)23-11-19(10-20)18(8-15(6)27-19)28-29(21,22)24-9-17-16(25-13(3)4)7-14(5)26-17/h12-18H,7-11,20H2,1-6H3,(H,21,22)/t14-,15-,16?,17?,18?,19+/m0/s1. The number of nitrogens with two attached hydrogens (primary N) is 1. The molecule has 0 amide bonds. The van der Waals surface area contributed by atoms with Crippen molar-refractivity contribution in [2.75, 3.05) is 19.8 Å². The van der Waals surface area contributed by atoms with Crippen LogP contribution in [0.15, 0.2) is 0 Å². The summed E-state index contributed by atoms with van der Waals surface area (Å²) in [4.78, 5) is 10.3. The van der Waals surface area contributed by atoms with Gasteiger partial charge in [-0.05, 0) is 41.5 Å². The Morgan fingerprint density at radius 3 is 2.45 bits per heavy atom. The highest BCUT2D eigenvalue weighted by Crippen LogP contribution is 2.50. The second-order valence-corrected chi connectivity index (χ2v) is 10.0. The Labute approximate surface area is 174 Å². The molecule has 2 fully saturated rings. The summed E-state index contributed by atoms with van der Waals surface area (Å²) in [6, 6.07) is 0. The van der Waals surface area contributed by atoms with E-state index in [-0.39, 0.29) is 50.3 Å². The molecule has 2 aliphatic rings. The molecule has 0 saturated carbocycles. The van der Waals surface area contributed by atoms with Crippen molar-refractivity contribution in [3.8, 4) is 0 Å². The highest BCUT2D eigenvalue weighted by molar-refractivity contribution is 7.47. The van der Waals surface area contributed by atoms with Crippen LogP contribution in [-0.4, -0.2) is 73.0 Å². The number of rotatable bonds is 11. The topological polar surface area (TPSA) is 119 Å². The maximum Gasteiger partial charge on any atom is 0.472 e. The van der Waals surface area contributed by atoms with E-state index in [1.165, 1.54) is 0 Å². The average molecular weight is 439 g/mol. The van der Waals surface area contributed by atoms with Crippen LogP contribution in [0.4, 0.5) is 0 Å². The molecular weight excluding hydrogens is 401 g/mol.